The molecule has 13 heavy (non-hydrogen) atoms. The van der Waals surface area contributed by atoms with E-state index in [2.05, 4.69) is 23.4 Å². The molecule has 0 saturated heterocycles. The van der Waals surface area contributed by atoms with Crippen LogP contribution in [-0.4, -0.2) is 16.3 Å². The second-order valence-electron chi connectivity index (χ2n) is 2.96. The van der Waals surface area contributed by atoms with Gasteiger partial charge in [0.1, 0.15) is 0 Å². The van der Waals surface area contributed by atoms with Crippen LogP contribution in [0.3, 0.4) is 0 Å². The van der Waals surface area contributed by atoms with Crippen LogP contribution in [-0.2, 0) is 7.05 Å². The lowest BCUT2D eigenvalue weighted by Crippen LogP contribution is -2.21. The van der Waals surface area contributed by atoms with Crippen LogP contribution < -0.4 is 5.32 Å². The Labute approximate surface area is 78.2 Å². The Hall–Kier alpha value is -1.34. The highest BCUT2D eigenvalue weighted by Crippen LogP contribution is 2.09. The second-order valence-corrected chi connectivity index (χ2v) is 2.96. The molecule has 4 nitrogen and oxygen atoms in total. The summed E-state index contributed by atoms with van der Waals surface area (Å²) in [6.45, 7) is 2.79. The van der Waals surface area contributed by atoms with Crippen LogP contribution in [0.1, 0.15) is 25.1 Å². The minimum Gasteiger partial charge on any atom is -0.308 e. The largest absolute Gasteiger partial charge is 0.308 e. The van der Waals surface area contributed by atoms with E-state index < -0.39 is 0 Å². The normalized spacial score (nSPS) is 12.4. The molecule has 1 N–H and O–H groups in total. The van der Waals surface area contributed by atoms with Gasteiger partial charge >= 0.3 is 0 Å². The molecule has 0 fully saturated rings. The molecule has 1 aromatic heterocycles. The number of nitriles is 1. The van der Waals surface area contributed by atoms with Crippen molar-refractivity contribution in [1.82, 2.24) is 15.1 Å². The molecule has 0 amide bonds. The number of nitrogens with zero attached hydrogens (tertiary/aromatic N) is 3. The first kappa shape index (κ1) is 9.75. The maximum Gasteiger partial charge on any atom is 0.0635 e. The molecule has 1 atom stereocenters. The zero-order chi connectivity index (χ0) is 9.68. The highest BCUT2D eigenvalue weighted by molar-refractivity contribution is 5.05. The van der Waals surface area contributed by atoms with Crippen molar-refractivity contribution in [3.8, 4) is 6.07 Å². The summed E-state index contributed by atoms with van der Waals surface area (Å²) in [5.41, 5.74) is 1.14. The summed E-state index contributed by atoms with van der Waals surface area (Å²) >= 11 is 0. The predicted molar refractivity (Wildman–Crippen MR) is 49.9 cm³/mol. The Morgan fingerprint density at radius 2 is 2.54 bits per heavy atom. The van der Waals surface area contributed by atoms with Gasteiger partial charge in [-0.05, 0) is 13.0 Å². The first-order valence-corrected chi connectivity index (χ1v) is 4.34. The molecule has 0 aliphatic carbocycles. The molecule has 1 unspecified atom stereocenters. The van der Waals surface area contributed by atoms with E-state index in [0.29, 0.717) is 6.42 Å². The molecule has 4 heteroatoms. The van der Waals surface area contributed by atoms with Gasteiger partial charge in [0.25, 0.3) is 0 Å². The first-order chi connectivity index (χ1) is 6.25. The van der Waals surface area contributed by atoms with Crippen LogP contribution in [0, 0.1) is 11.3 Å². The number of hydrogen-bond donors (Lipinski definition) is 1. The Bertz CT molecular complexity index is 297. The fraction of sp³-hybridized carbons (Fsp3) is 0.556. The molecule has 0 radical (unpaired) electrons. The Balaban J connectivity index is 2.45. The summed E-state index contributed by atoms with van der Waals surface area (Å²) in [4.78, 5) is 0. The van der Waals surface area contributed by atoms with E-state index in [1.165, 1.54) is 0 Å². The van der Waals surface area contributed by atoms with Gasteiger partial charge in [-0.2, -0.15) is 10.4 Å². The maximum atomic E-state index is 8.36. The zero-order valence-corrected chi connectivity index (χ0v) is 7.99. The van der Waals surface area contributed by atoms with E-state index in [9.17, 15) is 0 Å². The Morgan fingerprint density at radius 1 is 1.77 bits per heavy atom. The molecular formula is C9H14N4. The molecule has 0 aromatic carbocycles. The summed E-state index contributed by atoms with van der Waals surface area (Å²) in [6.07, 6.45) is 2.32. The van der Waals surface area contributed by atoms with Crippen molar-refractivity contribution >= 4 is 0 Å². The van der Waals surface area contributed by atoms with Crippen molar-refractivity contribution in [2.45, 2.75) is 19.4 Å². The predicted octanol–water partition coefficient (Wildman–Crippen LogP) is 0.984. The van der Waals surface area contributed by atoms with Gasteiger partial charge in [0.15, 0.2) is 0 Å². The number of aryl methyl sites for hydroxylation is 1. The average molecular weight is 178 g/mol. The van der Waals surface area contributed by atoms with E-state index in [1.54, 1.807) is 6.20 Å². The SMILES string of the molecule is CC(NCCC#N)c1ccnn1C. The van der Waals surface area contributed by atoms with Crippen molar-refractivity contribution in [3.63, 3.8) is 0 Å². The minimum absolute atomic E-state index is 0.251. The quantitative estimate of drug-likeness (QED) is 0.699. The first-order valence-electron chi connectivity index (χ1n) is 4.34. The van der Waals surface area contributed by atoms with Crippen molar-refractivity contribution in [2.24, 2.45) is 7.05 Å². The topological polar surface area (TPSA) is 53.6 Å². The molecule has 0 saturated carbocycles. The minimum atomic E-state index is 0.251. The number of hydrogen-bond acceptors (Lipinski definition) is 3. The lowest BCUT2D eigenvalue weighted by molar-refractivity contribution is 0.537. The van der Waals surface area contributed by atoms with E-state index in [1.807, 2.05) is 17.8 Å². The Morgan fingerprint density at radius 3 is 3.08 bits per heavy atom. The van der Waals surface area contributed by atoms with Crippen molar-refractivity contribution in [2.75, 3.05) is 6.54 Å². The van der Waals surface area contributed by atoms with Crippen LogP contribution in [0.15, 0.2) is 12.3 Å². The van der Waals surface area contributed by atoms with Gasteiger partial charge < -0.3 is 5.32 Å². The fourth-order valence-corrected chi connectivity index (χ4v) is 1.26. The van der Waals surface area contributed by atoms with Gasteiger partial charge in [0, 0.05) is 32.3 Å². The van der Waals surface area contributed by atoms with Crippen LogP contribution in [0.5, 0.6) is 0 Å². The van der Waals surface area contributed by atoms with E-state index in [0.717, 1.165) is 12.2 Å². The maximum absolute atomic E-state index is 8.36. The highest BCUT2D eigenvalue weighted by Gasteiger charge is 2.07. The van der Waals surface area contributed by atoms with Crippen LogP contribution in [0.4, 0.5) is 0 Å². The van der Waals surface area contributed by atoms with Crippen molar-refractivity contribution in [1.29, 1.82) is 5.26 Å². The van der Waals surface area contributed by atoms with E-state index >= 15 is 0 Å². The summed E-state index contributed by atoms with van der Waals surface area (Å²) < 4.78 is 1.84. The van der Waals surface area contributed by atoms with Gasteiger partial charge in [-0.3, -0.25) is 4.68 Å². The zero-order valence-electron chi connectivity index (χ0n) is 7.99. The third-order valence-electron chi connectivity index (χ3n) is 1.99. The van der Waals surface area contributed by atoms with Gasteiger partial charge in [-0.1, -0.05) is 0 Å². The third-order valence-corrected chi connectivity index (χ3v) is 1.99. The summed E-state index contributed by atoms with van der Waals surface area (Å²) in [6, 6.07) is 4.33. The number of rotatable bonds is 4. The molecular weight excluding hydrogens is 164 g/mol. The van der Waals surface area contributed by atoms with Gasteiger partial charge in [-0.15, -0.1) is 0 Å². The highest BCUT2D eigenvalue weighted by atomic mass is 15.3. The smallest absolute Gasteiger partial charge is 0.0635 e. The van der Waals surface area contributed by atoms with Crippen LogP contribution >= 0.6 is 0 Å². The molecule has 1 heterocycles. The molecule has 0 aliphatic rings. The summed E-state index contributed by atoms with van der Waals surface area (Å²) in [5.74, 6) is 0. The molecule has 0 aliphatic heterocycles. The summed E-state index contributed by atoms with van der Waals surface area (Å²) in [5, 5.41) is 15.7. The third kappa shape index (κ3) is 2.56. The lowest BCUT2D eigenvalue weighted by Gasteiger charge is -2.12. The van der Waals surface area contributed by atoms with E-state index in [4.69, 9.17) is 5.26 Å². The van der Waals surface area contributed by atoms with Gasteiger partial charge in [0.05, 0.1) is 11.8 Å². The van der Waals surface area contributed by atoms with Gasteiger partial charge in [0.2, 0.25) is 0 Å². The lowest BCUT2D eigenvalue weighted by atomic mass is 10.2. The fourth-order valence-electron chi connectivity index (χ4n) is 1.26. The number of nitrogens with one attached hydrogen (secondary N) is 1. The van der Waals surface area contributed by atoms with Crippen molar-refractivity contribution < 1.29 is 0 Å². The van der Waals surface area contributed by atoms with Crippen molar-refractivity contribution in [3.05, 3.63) is 18.0 Å². The Kier molecular flexibility index (Phi) is 3.47. The van der Waals surface area contributed by atoms with Crippen LogP contribution in [0.25, 0.3) is 0 Å². The molecule has 0 bridgehead atoms. The molecule has 1 aromatic rings. The second kappa shape index (κ2) is 4.63. The average Bonchev–Trinajstić information content (AvgIpc) is 2.52. The molecule has 1 rings (SSSR count). The van der Waals surface area contributed by atoms with Crippen LogP contribution in [0.2, 0.25) is 0 Å². The monoisotopic (exact) mass is 178 g/mol. The number of aromatic nitrogens is 2. The van der Waals surface area contributed by atoms with E-state index in [-0.39, 0.29) is 6.04 Å². The molecule has 0 spiro atoms. The summed E-state index contributed by atoms with van der Waals surface area (Å²) in [7, 11) is 1.91. The standard InChI is InChI=1S/C9H14N4/c1-8(11-6-3-5-10)9-4-7-12-13(9)2/h4,7-8,11H,3,6H2,1-2H3. The van der Waals surface area contributed by atoms with Gasteiger partial charge in [-0.25, -0.2) is 0 Å². The molecule has 70 valence electrons.